The maximum absolute atomic E-state index is 12.9. The van der Waals surface area contributed by atoms with Gasteiger partial charge in [-0.2, -0.15) is 0 Å². The van der Waals surface area contributed by atoms with E-state index in [1.807, 2.05) is 36.4 Å². The molecular weight excluding hydrogens is 350 g/mol. The molecule has 0 saturated heterocycles. The summed E-state index contributed by atoms with van der Waals surface area (Å²) in [5.74, 6) is 0. The molecule has 0 aliphatic carbocycles. The van der Waals surface area contributed by atoms with Crippen LogP contribution in [0.3, 0.4) is 0 Å². The number of nitrogens with zero attached hydrogens (tertiary/aromatic N) is 1. The Labute approximate surface area is 134 Å². The van der Waals surface area contributed by atoms with Gasteiger partial charge in [0.2, 0.25) is 0 Å². The second kappa shape index (κ2) is 7.09. The number of anilines is 1. The zero-order valence-electron chi connectivity index (χ0n) is 11.9. The molecule has 0 atom stereocenters. The fraction of sp³-hybridized carbons (Fsp3) is 0.250. The fourth-order valence-corrected chi connectivity index (χ4v) is 4.14. The predicted octanol–water partition coefficient (Wildman–Crippen LogP) is 4.44. The van der Waals surface area contributed by atoms with E-state index >= 15 is 0 Å². The maximum Gasteiger partial charge on any atom is 0.264 e. The molecule has 2 rings (SSSR count). The Hall–Kier alpha value is -1.33. The molecule has 5 heteroatoms. The Morgan fingerprint density at radius 3 is 2.38 bits per heavy atom. The zero-order valence-corrected chi connectivity index (χ0v) is 14.3. The summed E-state index contributed by atoms with van der Waals surface area (Å²) in [5.41, 5.74) is 0.700. The second-order valence-electron chi connectivity index (χ2n) is 4.72. The molecule has 0 radical (unpaired) electrons. The molecule has 0 aliphatic rings. The molecule has 0 saturated carbocycles. The summed E-state index contributed by atoms with van der Waals surface area (Å²) in [6, 6.07) is 16.1. The Balaban J connectivity index is 2.44. The number of unbranched alkanes of at least 4 members (excludes halogenated alkanes) is 1. The predicted molar refractivity (Wildman–Crippen MR) is 90.0 cm³/mol. The monoisotopic (exact) mass is 367 g/mol. The van der Waals surface area contributed by atoms with Crippen LogP contribution in [-0.4, -0.2) is 15.0 Å². The van der Waals surface area contributed by atoms with Gasteiger partial charge in [0.15, 0.2) is 0 Å². The number of hydrogen-bond acceptors (Lipinski definition) is 2. The van der Waals surface area contributed by atoms with Gasteiger partial charge >= 0.3 is 0 Å². The lowest BCUT2D eigenvalue weighted by atomic mass is 10.3. The molecule has 2 aromatic carbocycles. The Kier molecular flexibility index (Phi) is 5.42. The summed E-state index contributed by atoms with van der Waals surface area (Å²) in [5, 5.41) is 0. The summed E-state index contributed by atoms with van der Waals surface area (Å²) >= 11 is 3.33. The van der Waals surface area contributed by atoms with Gasteiger partial charge in [-0.25, -0.2) is 8.42 Å². The van der Waals surface area contributed by atoms with Crippen molar-refractivity contribution >= 4 is 31.6 Å². The van der Waals surface area contributed by atoms with Gasteiger partial charge in [-0.1, -0.05) is 53.5 Å². The summed E-state index contributed by atoms with van der Waals surface area (Å²) in [4.78, 5) is 0.303. The van der Waals surface area contributed by atoms with Crippen molar-refractivity contribution in [2.75, 3.05) is 10.8 Å². The van der Waals surface area contributed by atoms with E-state index in [0.29, 0.717) is 17.1 Å². The van der Waals surface area contributed by atoms with Crippen LogP contribution in [0.5, 0.6) is 0 Å². The van der Waals surface area contributed by atoms with Gasteiger partial charge in [-0.3, -0.25) is 4.31 Å². The number of halogens is 1. The maximum atomic E-state index is 12.9. The molecule has 112 valence electrons. The number of benzene rings is 2. The number of hydrogen-bond donors (Lipinski definition) is 0. The molecule has 0 unspecified atom stereocenters. The Bertz CT molecular complexity index is 686. The summed E-state index contributed by atoms with van der Waals surface area (Å²) < 4.78 is 28.0. The average molecular weight is 368 g/mol. The van der Waals surface area contributed by atoms with Crippen LogP contribution in [0.2, 0.25) is 0 Å². The van der Waals surface area contributed by atoms with Gasteiger partial charge in [-0.15, -0.1) is 0 Å². The number of rotatable bonds is 6. The average Bonchev–Trinajstić information content (AvgIpc) is 2.48. The molecule has 0 heterocycles. The van der Waals surface area contributed by atoms with E-state index in [1.165, 1.54) is 4.31 Å². The minimum atomic E-state index is -3.55. The summed E-state index contributed by atoms with van der Waals surface area (Å²) in [7, 11) is -3.55. The van der Waals surface area contributed by atoms with Crippen molar-refractivity contribution in [3.8, 4) is 0 Å². The fourth-order valence-electron chi connectivity index (χ4n) is 2.04. The van der Waals surface area contributed by atoms with E-state index in [1.54, 1.807) is 18.2 Å². The summed E-state index contributed by atoms with van der Waals surface area (Å²) in [6.45, 7) is 2.53. The zero-order chi connectivity index (χ0) is 15.3. The number of sulfonamides is 1. The van der Waals surface area contributed by atoms with Crippen molar-refractivity contribution in [3.05, 3.63) is 59.1 Å². The molecule has 0 amide bonds. The first kappa shape index (κ1) is 16.0. The van der Waals surface area contributed by atoms with E-state index in [-0.39, 0.29) is 0 Å². The van der Waals surface area contributed by atoms with Crippen LogP contribution in [-0.2, 0) is 10.0 Å². The van der Waals surface area contributed by atoms with Crippen molar-refractivity contribution in [1.82, 2.24) is 0 Å². The first-order valence-corrected chi connectivity index (χ1v) is 9.12. The highest BCUT2D eigenvalue weighted by atomic mass is 79.9. The SMILES string of the molecule is CCCCN(c1ccccc1)S(=O)(=O)c1cccc(Br)c1. The van der Waals surface area contributed by atoms with Gasteiger partial charge in [0, 0.05) is 11.0 Å². The molecule has 2 aromatic rings. The normalized spacial score (nSPS) is 11.3. The second-order valence-corrected chi connectivity index (χ2v) is 7.50. The smallest absolute Gasteiger partial charge is 0.264 e. The van der Waals surface area contributed by atoms with Crippen molar-refractivity contribution in [3.63, 3.8) is 0 Å². The van der Waals surface area contributed by atoms with Crippen molar-refractivity contribution in [2.45, 2.75) is 24.7 Å². The standard InChI is InChI=1S/C16H18BrNO2S/c1-2-3-12-18(15-9-5-4-6-10-15)21(19,20)16-11-7-8-14(17)13-16/h4-11,13H,2-3,12H2,1H3. The van der Waals surface area contributed by atoms with Gasteiger partial charge in [0.1, 0.15) is 0 Å². The molecule has 0 fully saturated rings. The molecule has 0 aromatic heterocycles. The molecule has 0 aliphatic heterocycles. The van der Waals surface area contributed by atoms with E-state index in [9.17, 15) is 8.42 Å². The van der Waals surface area contributed by atoms with Crippen LogP contribution >= 0.6 is 15.9 Å². The highest BCUT2D eigenvalue weighted by molar-refractivity contribution is 9.10. The van der Waals surface area contributed by atoms with Crippen LogP contribution in [0.15, 0.2) is 64.0 Å². The molecule has 0 spiro atoms. The van der Waals surface area contributed by atoms with Gasteiger partial charge < -0.3 is 0 Å². The van der Waals surface area contributed by atoms with Crippen LogP contribution < -0.4 is 4.31 Å². The highest BCUT2D eigenvalue weighted by Crippen LogP contribution is 2.25. The van der Waals surface area contributed by atoms with Crippen LogP contribution in [0.25, 0.3) is 0 Å². The van der Waals surface area contributed by atoms with E-state index in [0.717, 1.165) is 17.3 Å². The lowest BCUT2D eigenvalue weighted by Crippen LogP contribution is -2.32. The van der Waals surface area contributed by atoms with Gasteiger partial charge in [-0.05, 0) is 36.8 Å². The molecule has 21 heavy (non-hydrogen) atoms. The van der Waals surface area contributed by atoms with Crippen LogP contribution in [0.4, 0.5) is 5.69 Å². The minimum Gasteiger partial charge on any atom is -0.266 e. The topological polar surface area (TPSA) is 37.4 Å². The quantitative estimate of drug-likeness (QED) is 0.756. The largest absolute Gasteiger partial charge is 0.266 e. The molecule has 0 N–H and O–H groups in total. The third-order valence-corrected chi connectivity index (χ3v) is 5.46. The Morgan fingerprint density at radius 2 is 1.76 bits per heavy atom. The van der Waals surface area contributed by atoms with Gasteiger partial charge in [0.05, 0.1) is 10.6 Å². The summed E-state index contributed by atoms with van der Waals surface area (Å²) in [6.07, 6.45) is 1.76. The van der Waals surface area contributed by atoms with E-state index < -0.39 is 10.0 Å². The van der Waals surface area contributed by atoms with Gasteiger partial charge in [0.25, 0.3) is 10.0 Å². The molecular formula is C16H18BrNO2S. The van der Waals surface area contributed by atoms with E-state index in [4.69, 9.17) is 0 Å². The Morgan fingerprint density at radius 1 is 1.05 bits per heavy atom. The first-order valence-electron chi connectivity index (χ1n) is 6.89. The van der Waals surface area contributed by atoms with Crippen molar-refractivity contribution in [1.29, 1.82) is 0 Å². The van der Waals surface area contributed by atoms with Crippen molar-refractivity contribution in [2.24, 2.45) is 0 Å². The highest BCUT2D eigenvalue weighted by Gasteiger charge is 2.24. The van der Waals surface area contributed by atoms with Crippen LogP contribution in [0.1, 0.15) is 19.8 Å². The van der Waals surface area contributed by atoms with Crippen molar-refractivity contribution < 1.29 is 8.42 Å². The number of para-hydroxylation sites is 1. The third-order valence-electron chi connectivity index (χ3n) is 3.14. The third kappa shape index (κ3) is 3.86. The van der Waals surface area contributed by atoms with Crippen LogP contribution in [0, 0.1) is 0 Å². The van der Waals surface area contributed by atoms with E-state index in [2.05, 4.69) is 22.9 Å². The molecule has 0 bridgehead atoms. The molecule has 3 nitrogen and oxygen atoms in total. The lowest BCUT2D eigenvalue weighted by Gasteiger charge is -2.24. The minimum absolute atomic E-state index is 0.303. The first-order chi connectivity index (χ1) is 10.1. The lowest BCUT2D eigenvalue weighted by molar-refractivity contribution is 0.588.